The van der Waals surface area contributed by atoms with E-state index in [1.807, 2.05) is 18.2 Å². The van der Waals surface area contributed by atoms with Crippen LogP contribution in [0.4, 0.5) is 5.69 Å². The van der Waals surface area contributed by atoms with Crippen molar-refractivity contribution in [1.29, 1.82) is 0 Å². The van der Waals surface area contributed by atoms with Crippen LogP contribution < -0.4 is 11.5 Å². The monoisotopic (exact) mass is 315 g/mol. The number of carbonyl (C=O) groups excluding carboxylic acids is 1. The Kier molecular flexibility index (Phi) is 3.60. The molecular formula is C16H14ClN3O2. The minimum atomic E-state index is -0.669. The molecule has 0 spiro atoms. The van der Waals surface area contributed by atoms with Gasteiger partial charge in [-0.15, -0.1) is 0 Å². The molecule has 3 aromatic rings. The highest BCUT2D eigenvalue weighted by molar-refractivity contribution is 6.31. The van der Waals surface area contributed by atoms with Crippen LogP contribution in [0.5, 0.6) is 0 Å². The van der Waals surface area contributed by atoms with E-state index in [0.29, 0.717) is 27.6 Å². The number of nitrogens with two attached hydrogens (primary N) is 2. The Morgan fingerprint density at radius 3 is 2.73 bits per heavy atom. The lowest BCUT2D eigenvalue weighted by molar-refractivity contribution is 0.0969. The first-order valence-electron chi connectivity index (χ1n) is 6.72. The van der Waals surface area contributed by atoms with E-state index < -0.39 is 6.04 Å². The van der Waals surface area contributed by atoms with Gasteiger partial charge in [-0.25, -0.2) is 4.98 Å². The molecule has 2 aromatic carbocycles. The number of anilines is 1. The van der Waals surface area contributed by atoms with Crippen molar-refractivity contribution in [2.75, 3.05) is 5.73 Å². The first-order chi connectivity index (χ1) is 10.5. The number of rotatable bonds is 3. The standard InChI is InChI=1S/C16H14ClN3O2/c1-8(18)15(21)10-6-9(17)7-11(14(10)19)16-20-12-4-2-3-5-13(12)22-16/h2-8H,18-19H2,1H3/t8-/m0/s1. The summed E-state index contributed by atoms with van der Waals surface area (Å²) in [5.41, 5.74) is 14.1. The van der Waals surface area contributed by atoms with Crippen LogP contribution in [0.2, 0.25) is 5.02 Å². The van der Waals surface area contributed by atoms with Crippen LogP contribution in [0.25, 0.3) is 22.6 Å². The molecule has 0 bridgehead atoms. The molecule has 1 atom stereocenters. The number of para-hydroxylation sites is 2. The molecule has 0 saturated heterocycles. The summed E-state index contributed by atoms with van der Waals surface area (Å²) in [7, 11) is 0. The van der Waals surface area contributed by atoms with Crippen molar-refractivity contribution in [1.82, 2.24) is 4.98 Å². The molecule has 112 valence electrons. The van der Waals surface area contributed by atoms with Crippen molar-refractivity contribution in [3.63, 3.8) is 0 Å². The van der Waals surface area contributed by atoms with E-state index in [0.717, 1.165) is 0 Å². The smallest absolute Gasteiger partial charge is 0.229 e. The molecule has 1 aromatic heterocycles. The number of oxazole rings is 1. The number of nitrogen functional groups attached to an aromatic ring is 1. The van der Waals surface area contributed by atoms with E-state index in [2.05, 4.69) is 4.98 Å². The predicted octanol–water partition coefficient (Wildman–Crippen LogP) is 3.26. The molecular weight excluding hydrogens is 302 g/mol. The second-order valence-electron chi connectivity index (χ2n) is 5.05. The molecule has 0 aliphatic rings. The Balaban J connectivity index is 2.20. The minimum absolute atomic E-state index is 0.262. The topological polar surface area (TPSA) is 95.1 Å². The summed E-state index contributed by atoms with van der Waals surface area (Å²) in [5, 5.41) is 0.371. The van der Waals surface area contributed by atoms with Gasteiger partial charge in [-0.05, 0) is 31.2 Å². The number of hydrogen-bond acceptors (Lipinski definition) is 5. The zero-order valence-electron chi connectivity index (χ0n) is 11.8. The SMILES string of the molecule is C[C@H](N)C(=O)c1cc(Cl)cc(-c2nc3ccccc3o2)c1N. The summed E-state index contributed by atoms with van der Waals surface area (Å²) >= 11 is 6.10. The first kappa shape index (κ1) is 14.6. The van der Waals surface area contributed by atoms with Gasteiger partial charge < -0.3 is 15.9 Å². The third-order valence-electron chi connectivity index (χ3n) is 3.35. The molecule has 0 aliphatic heterocycles. The summed E-state index contributed by atoms with van der Waals surface area (Å²) in [6.45, 7) is 1.60. The number of hydrogen-bond donors (Lipinski definition) is 2. The van der Waals surface area contributed by atoms with Gasteiger partial charge in [0.05, 0.1) is 17.3 Å². The lowest BCUT2D eigenvalue weighted by Gasteiger charge is -2.11. The quantitative estimate of drug-likeness (QED) is 0.571. The van der Waals surface area contributed by atoms with Crippen LogP contribution in [0.1, 0.15) is 17.3 Å². The largest absolute Gasteiger partial charge is 0.436 e. The fourth-order valence-corrected chi connectivity index (χ4v) is 2.45. The van der Waals surface area contributed by atoms with Gasteiger partial charge in [-0.2, -0.15) is 0 Å². The Morgan fingerprint density at radius 1 is 1.32 bits per heavy atom. The normalized spacial score (nSPS) is 12.5. The predicted molar refractivity (Wildman–Crippen MR) is 86.8 cm³/mol. The second kappa shape index (κ2) is 5.44. The Hall–Kier alpha value is -2.37. The van der Waals surface area contributed by atoms with Gasteiger partial charge in [0.25, 0.3) is 0 Å². The third kappa shape index (κ3) is 2.45. The van der Waals surface area contributed by atoms with Crippen molar-refractivity contribution in [3.05, 3.63) is 47.0 Å². The Morgan fingerprint density at radius 2 is 2.05 bits per heavy atom. The molecule has 5 nitrogen and oxygen atoms in total. The maximum atomic E-state index is 12.2. The van der Waals surface area contributed by atoms with Gasteiger partial charge in [0, 0.05) is 10.6 Å². The minimum Gasteiger partial charge on any atom is -0.436 e. The van der Waals surface area contributed by atoms with Gasteiger partial charge in [0.2, 0.25) is 5.89 Å². The summed E-state index contributed by atoms with van der Waals surface area (Å²) in [4.78, 5) is 16.5. The second-order valence-corrected chi connectivity index (χ2v) is 5.49. The fourth-order valence-electron chi connectivity index (χ4n) is 2.23. The fraction of sp³-hybridized carbons (Fsp3) is 0.125. The molecule has 4 N–H and O–H groups in total. The lowest BCUT2D eigenvalue weighted by atomic mass is 10.0. The van der Waals surface area contributed by atoms with Gasteiger partial charge in [0.1, 0.15) is 5.52 Å². The van der Waals surface area contributed by atoms with Crippen LogP contribution in [0.15, 0.2) is 40.8 Å². The highest BCUT2D eigenvalue weighted by atomic mass is 35.5. The number of halogens is 1. The molecule has 0 radical (unpaired) electrons. The number of nitrogens with zero attached hydrogens (tertiary/aromatic N) is 1. The summed E-state index contributed by atoms with van der Waals surface area (Å²) in [5.74, 6) is 0.0392. The molecule has 0 saturated carbocycles. The highest BCUT2D eigenvalue weighted by Gasteiger charge is 2.20. The van der Waals surface area contributed by atoms with Crippen LogP contribution in [0.3, 0.4) is 0 Å². The van der Waals surface area contributed by atoms with E-state index in [1.165, 1.54) is 6.07 Å². The Labute approximate surface area is 131 Å². The summed E-state index contributed by atoms with van der Waals surface area (Å²) < 4.78 is 5.69. The van der Waals surface area contributed by atoms with E-state index in [1.54, 1.807) is 19.1 Å². The van der Waals surface area contributed by atoms with Crippen molar-refractivity contribution < 1.29 is 9.21 Å². The van der Waals surface area contributed by atoms with Crippen LogP contribution in [-0.4, -0.2) is 16.8 Å². The lowest BCUT2D eigenvalue weighted by Crippen LogP contribution is -2.27. The molecule has 0 unspecified atom stereocenters. The Bertz CT molecular complexity index is 838. The van der Waals surface area contributed by atoms with E-state index >= 15 is 0 Å². The highest BCUT2D eigenvalue weighted by Crippen LogP contribution is 2.33. The number of ketones is 1. The van der Waals surface area contributed by atoms with E-state index in [9.17, 15) is 4.79 Å². The number of aromatic nitrogens is 1. The average molecular weight is 316 g/mol. The van der Waals surface area contributed by atoms with Crippen molar-refractivity contribution in [2.45, 2.75) is 13.0 Å². The number of benzene rings is 2. The molecule has 0 aliphatic carbocycles. The van der Waals surface area contributed by atoms with Gasteiger partial charge >= 0.3 is 0 Å². The van der Waals surface area contributed by atoms with Gasteiger partial charge in [0.15, 0.2) is 11.4 Å². The van der Waals surface area contributed by atoms with Crippen molar-refractivity contribution in [3.8, 4) is 11.5 Å². The molecule has 0 amide bonds. The van der Waals surface area contributed by atoms with Crippen LogP contribution >= 0.6 is 11.6 Å². The molecule has 3 rings (SSSR count). The number of carbonyl (C=O) groups is 1. The molecule has 22 heavy (non-hydrogen) atoms. The maximum absolute atomic E-state index is 12.2. The number of fused-ring (bicyclic) bond motifs is 1. The van der Waals surface area contributed by atoms with Crippen LogP contribution in [-0.2, 0) is 0 Å². The molecule has 1 heterocycles. The molecule has 0 fully saturated rings. The van der Waals surface area contributed by atoms with E-state index in [-0.39, 0.29) is 17.0 Å². The van der Waals surface area contributed by atoms with E-state index in [4.69, 9.17) is 27.5 Å². The average Bonchev–Trinajstić information content (AvgIpc) is 2.92. The number of Topliss-reactive ketones (excluding diaryl/α,β-unsaturated/α-hetero) is 1. The third-order valence-corrected chi connectivity index (χ3v) is 3.57. The van der Waals surface area contributed by atoms with Gasteiger partial charge in [-0.1, -0.05) is 23.7 Å². The van der Waals surface area contributed by atoms with Crippen molar-refractivity contribution >= 4 is 34.2 Å². The maximum Gasteiger partial charge on any atom is 0.229 e. The zero-order valence-corrected chi connectivity index (χ0v) is 12.6. The van der Waals surface area contributed by atoms with Crippen LogP contribution in [0, 0.1) is 0 Å². The summed E-state index contributed by atoms with van der Waals surface area (Å²) in [6.07, 6.45) is 0. The van der Waals surface area contributed by atoms with Crippen molar-refractivity contribution in [2.24, 2.45) is 5.73 Å². The molecule has 6 heteroatoms. The first-order valence-corrected chi connectivity index (χ1v) is 7.10. The zero-order chi connectivity index (χ0) is 15.9. The summed E-state index contributed by atoms with van der Waals surface area (Å²) in [6, 6.07) is 9.81. The van der Waals surface area contributed by atoms with Gasteiger partial charge in [-0.3, -0.25) is 4.79 Å².